The number of aromatic nitrogens is 4. The van der Waals surface area contributed by atoms with E-state index < -0.39 is 17.3 Å². The lowest BCUT2D eigenvalue weighted by Gasteiger charge is -2.26. The third kappa shape index (κ3) is 3.74. The average Bonchev–Trinajstić information content (AvgIpc) is 3.24. The number of carbonyl (C=O) groups is 2. The van der Waals surface area contributed by atoms with Crippen LogP contribution in [0.5, 0.6) is 0 Å². The van der Waals surface area contributed by atoms with Crippen LogP contribution >= 0.6 is 11.8 Å². The lowest BCUT2D eigenvalue weighted by atomic mass is 10.1. The second-order valence-electron chi connectivity index (χ2n) is 7.97. The number of nitrogens with one attached hydrogen (secondary N) is 1. The number of hydrazine groups is 1. The number of para-hydroxylation sites is 1. The quantitative estimate of drug-likeness (QED) is 0.514. The van der Waals surface area contributed by atoms with E-state index in [-0.39, 0.29) is 34.8 Å². The summed E-state index contributed by atoms with van der Waals surface area (Å²) in [6.45, 7) is 1.88. The predicted molar refractivity (Wildman–Crippen MR) is 125 cm³/mol. The van der Waals surface area contributed by atoms with Crippen molar-refractivity contribution in [1.82, 2.24) is 29.0 Å². The van der Waals surface area contributed by atoms with Crippen LogP contribution in [0.3, 0.4) is 0 Å². The summed E-state index contributed by atoms with van der Waals surface area (Å²) in [7, 11) is 6.42. The summed E-state index contributed by atoms with van der Waals surface area (Å²) < 4.78 is 3.89. The lowest BCUT2D eigenvalue weighted by Crippen LogP contribution is -2.46. The molecule has 33 heavy (non-hydrogen) atoms. The monoisotopic (exact) mass is 471 g/mol. The molecule has 0 unspecified atom stereocenters. The first-order chi connectivity index (χ1) is 15.6. The number of anilines is 1. The Hall–Kier alpha value is -3.38. The van der Waals surface area contributed by atoms with Gasteiger partial charge in [0.15, 0.2) is 16.3 Å². The predicted octanol–water partition coefficient (Wildman–Crippen LogP) is -0.170. The number of carbonyl (C=O) groups excluding carboxylic acids is 2. The van der Waals surface area contributed by atoms with Crippen molar-refractivity contribution >= 4 is 40.4 Å². The number of nitrogens with zero attached hydrogens (tertiary/aromatic N) is 6. The molecule has 0 aliphatic carbocycles. The van der Waals surface area contributed by atoms with Gasteiger partial charge in [-0.25, -0.2) is 19.8 Å². The number of aryl methyl sites for hydroxylation is 2. The van der Waals surface area contributed by atoms with Crippen LogP contribution in [0.1, 0.15) is 6.92 Å². The van der Waals surface area contributed by atoms with Gasteiger partial charge in [0.1, 0.15) is 6.04 Å². The molecule has 2 aromatic heterocycles. The van der Waals surface area contributed by atoms with Gasteiger partial charge in [-0.2, -0.15) is 0 Å². The van der Waals surface area contributed by atoms with E-state index in [0.29, 0.717) is 5.16 Å². The number of amides is 2. The molecule has 12 heteroatoms. The van der Waals surface area contributed by atoms with E-state index in [9.17, 15) is 19.2 Å². The van der Waals surface area contributed by atoms with Gasteiger partial charge >= 0.3 is 5.69 Å². The Kier molecular flexibility index (Phi) is 5.89. The fourth-order valence-electron chi connectivity index (χ4n) is 3.93. The number of rotatable bonds is 5. The third-order valence-corrected chi connectivity index (χ3v) is 6.98. The summed E-state index contributed by atoms with van der Waals surface area (Å²) in [5.74, 6) is -0.546. The van der Waals surface area contributed by atoms with Crippen LogP contribution in [0, 0.1) is 0 Å². The molecule has 1 saturated heterocycles. The highest BCUT2D eigenvalue weighted by atomic mass is 32.2. The van der Waals surface area contributed by atoms with Crippen LogP contribution in [-0.2, 0) is 30.7 Å². The summed E-state index contributed by atoms with van der Waals surface area (Å²) in [4.78, 5) is 54.8. The van der Waals surface area contributed by atoms with Crippen molar-refractivity contribution in [3.8, 4) is 0 Å². The van der Waals surface area contributed by atoms with Gasteiger partial charge < -0.3 is 9.88 Å². The fourth-order valence-corrected chi connectivity index (χ4v) is 4.70. The van der Waals surface area contributed by atoms with E-state index in [4.69, 9.17) is 0 Å². The molecule has 0 saturated carbocycles. The molecule has 11 nitrogen and oxygen atoms in total. The zero-order valence-corrected chi connectivity index (χ0v) is 19.8. The van der Waals surface area contributed by atoms with Gasteiger partial charge in [-0.05, 0) is 19.1 Å². The minimum Gasteiger partial charge on any atom is -0.342 e. The van der Waals surface area contributed by atoms with E-state index in [0.717, 1.165) is 22.0 Å². The Balaban J connectivity index is 1.50. The standard InChI is InChI=1S/C21H25N7O4S/c1-12-15(18(30)28(27(12)5)13-9-7-6-8-10-13)22-14(29)11-33-20-23-17-16(24(20)2)19(31)26(4)21(32)25(17)3/h6-10,12,15H,11H2,1-5H3,(H,22,29)/t12-,15+/m0/s1. The fraction of sp³-hybridized carbons (Fsp3) is 0.381. The number of benzene rings is 1. The first-order valence-corrected chi connectivity index (χ1v) is 11.3. The van der Waals surface area contributed by atoms with Crippen LogP contribution in [-0.4, -0.2) is 60.4 Å². The summed E-state index contributed by atoms with van der Waals surface area (Å²) >= 11 is 1.13. The molecule has 1 aliphatic rings. The second kappa shape index (κ2) is 8.52. The number of imidazole rings is 1. The van der Waals surface area contributed by atoms with Gasteiger partial charge in [0, 0.05) is 28.2 Å². The Morgan fingerprint density at radius 3 is 2.36 bits per heavy atom. The molecular formula is C21H25N7O4S. The highest BCUT2D eigenvalue weighted by molar-refractivity contribution is 7.99. The molecule has 174 valence electrons. The highest BCUT2D eigenvalue weighted by Crippen LogP contribution is 2.26. The molecule has 2 atom stereocenters. The van der Waals surface area contributed by atoms with Crippen LogP contribution in [0.15, 0.2) is 45.1 Å². The Bertz CT molecular complexity index is 1360. The van der Waals surface area contributed by atoms with Crippen LogP contribution in [0.4, 0.5) is 5.69 Å². The van der Waals surface area contributed by atoms with E-state index in [1.54, 1.807) is 35.7 Å². The third-order valence-electron chi connectivity index (χ3n) is 5.95. The zero-order chi connectivity index (χ0) is 24.0. The molecule has 1 fully saturated rings. The summed E-state index contributed by atoms with van der Waals surface area (Å²) in [6.07, 6.45) is 0. The number of thioether (sulfide) groups is 1. The number of hydrogen-bond acceptors (Lipinski definition) is 7. The first-order valence-electron chi connectivity index (χ1n) is 10.3. The van der Waals surface area contributed by atoms with E-state index in [1.807, 2.05) is 37.3 Å². The first kappa shape index (κ1) is 22.8. The van der Waals surface area contributed by atoms with Crippen molar-refractivity contribution in [2.45, 2.75) is 24.2 Å². The van der Waals surface area contributed by atoms with Crippen LogP contribution < -0.4 is 21.6 Å². The largest absolute Gasteiger partial charge is 0.342 e. The van der Waals surface area contributed by atoms with E-state index >= 15 is 0 Å². The number of likely N-dealkylation sites (N-methyl/N-ethyl adjacent to an activating group) is 1. The molecule has 0 spiro atoms. The number of fused-ring (bicyclic) bond motifs is 1. The van der Waals surface area contributed by atoms with Gasteiger partial charge in [0.25, 0.3) is 11.5 Å². The topological polar surface area (TPSA) is 114 Å². The molecule has 3 heterocycles. The maximum Gasteiger partial charge on any atom is 0.332 e. The average molecular weight is 472 g/mol. The van der Waals surface area contributed by atoms with E-state index in [2.05, 4.69) is 10.3 Å². The summed E-state index contributed by atoms with van der Waals surface area (Å²) in [5.41, 5.74) is 0.347. The van der Waals surface area contributed by atoms with Crippen molar-refractivity contribution < 1.29 is 9.59 Å². The van der Waals surface area contributed by atoms with Gasteiger partial charge in [-0.3, -0.25) is 23.5 Å². The molecule has 2 amide bonds. The molecule has 1 aromatic carbocycles. The Labute approximate surface area is 193 Å². The minimum absolute atomic E-state index is 0.00300. The molecule has 1 aliphatic heterocycles. The number of hydrogen-bond donors (Lipinski definition) is 1. The smallest absolute Gasteiger partial charge is 0.332 e. The van der Waals surface area contributed by atoms with Crippen molar-refractivity contribution in [3.63, 3.8) is 0 Å². The van der Waals surface area contributed by atoms with Gasteiger partial charge in [-0.1, -0.05) is 30.0 Å². The maximum absolute atomic E-state index is 13.0. The zero-order valence-electron chi connectivity index (χ0n) is 19.0. The molecule has 4 rings (SSSR count). The Morgan fingerprint density at radius 2 is 1.70 bits per heavy atom. The Morgan fingerprint density at radius 1 is 1.03 bits per heavy atom. The molecular weight excluding hydrogens is 446 g/mol. The van der Waals surface area contributed by atoms with Crippen molar-refractivity contribution in [3.05, 3.63) is 51.2 Å². The molecule has 0 radical (unpaired) electrons. The van der Waals surface area contributed by atoms with Crippen molar-refractivity contribution in [2.75, 3.05) is 17.8 Å². The molecule has 0 bridgehead atoms. The summed E-state index contributed by atoms with van der Waals surface area (Å²) in [5, 5.41) is 6.61. The minimum atomic E-state index is -0.697. The van der Waals surface area contributed by atoms with E-state index in [1.165, 1.54) is 11.6 Å². The SMILES string of the molecule is C[C@H]1[C@@H](NC(=O)CSc2nc3c(c(=O)n(C)c(=O)n3C)n2C)C(=O)N(c2ccccc2)N1C. The molecule has 3 aromatic rings. The second-order valence-corrected chi connectivity index (χ2v) is 8.91. The van der Waals surface area contributed by atoms with Crippen LogP contribution in [0.2, 0.25) is 0 Å². The van der Waals surface area contributed by atoms with Crippen LogP contribution in [0.25, 0.3) is 11.2 Å². The highest BCUT2D eigenvalue weighted by Gasteiger charge is 2.43. The van der Waals surface area contributed by atoms with Gasteiger partial charge in [0.05, 0.1) is 17.5 Å². The normalized spacial score (nSPS) is 18.9. The maximum atomic E-state index is 13.0. The van der Waals surface area contributed by atoms with Gasteiger partial charge in [0.2, 0.25) is 5.91 Å². The van der Waals surface area contributed by atoms with Crippen molar-refractivity contribution in [1.29, 1.82) is 0 Å². The lowest BCUT2D eigenvalue weighted by molar-refractivity contribution is -0.125. The molecule has 1 N–H and O–H groups in total. The van der Waals surface area contributed by atoms with Crippen molar-refractivity contribution in [2.24, 2.45) is 21.1 Å². The summed E-state index contributed by atoms with van der Waals surface area (Å²) in [6, 6.07) is 8.32. The van der Waals surface area contributed by atoms with Gasteiger partial charge in [-0.15, -0.1) is 0 Å².